The van der Waals surface area contributed by atoms with Gasteiger partial charge >= 0.3 is 0 Å². The van der Waals surface area contributed by atoms with Crippen molar-refractivity contribution in [1.82, 2.24) is 0 Å². The van der Waals surface area contributed by atoms with Crippen molar-refractivity contribution in [2.45, 2.75) is 112 Å². The van der Waals surface area contributed by atoms with E-state index in [1.165, 1.54) is 24.8 Å². The number of nitrogens with zero attached hydrogens (tertiary/aromatic N) is 1. The van der Waals surface area contributed by atoms with Gasteiger partial charge in [-0.25, -0.2) is 0 Å². The molecule has 0 saturated heterocycles. The molecule has 0 aliphatic heterocycles. The highest BCUT2D eigenvalue weighted by Gasteiger charge is 2.64. The summed E-state index contributed by atoms with van der Waals surface area (Å²) in [6, 6.07) is 2.27. The molecule has 0 spiro atoms. The highest BCUT2D eigenvalue weighted by Crippen LogP contribution is 2.70. The van der Waals surface area contributed by atoms with Crippen LogP contribution >= 0.6 is 0 Å². The molecule has 2 saturated carbocycles. The van der Waals surface area contributed by atoms with Gasteiger partial charge in [-0.2, -0.15) is 5.26 Å². The van der Waals surface area contributed by atoms with Gasteiger partial charge in [0.2, 0.25) is 0 Å². The summed E-state index contributed by atoms with van der Waals surface area (Å²) in [6.07, 6.45) is 13.9. The summed E-state index contributed by atoms with van der Waals surface area (Å²) in [4.78, 5) is 14.2. The van der Waals surface area contributed by atoms with Crippen molar-refractivity contribution in [3.05, 3.63) is 23.3 Å². The van der Waals surface area contributed by atoms with E-state index < -0.39 is 6.10 Å². The van der Waals surface area contributed by atoms with Crippen molar-refractivity contribution in [2.75, 3.05) is 13.7 Å². The zero-order valence-electron chi connectivity index (χ0n) is 24.5. The molecule has 2 fully saturated rings. The third-order valence-electron chi connectivity index (χ3n) is 12.2. The van der Waals surface area contributed by atoms with Crippen molar-refractivity contribution in [3.63, 3.8) is 0 Å². The Labute approximate surface area is 225 Å². The van der Waals surface area contributed by atoms with Gasteiger partial charge in [0, 0.05) is 19.6 Å². The van der Waals surface area contributed by atoms with Gasteiger partial charge < -0.3 is 9.84 Å². The number of aliphatic hydroxyl groups excluding tert-OH is 1. The molecule has 3 unspecified atom stereocenters. The molecule has 206 valence electrons. The first-order chi connectivity index (χ1) is 17.3. The second-order valence-electron chi connectivity index (χ2n) is 14.5. The Balaban J connectivity index is 1.80. The molecule has 4 aliphatic rings. The fourth-order valence-corrected chi connectivity index (χ4v) is 9.06. The largest absolute Gasteiger partial charge is 0.387 e. The van der Waals surface area contributed by atoms with Crippen LogP contribution in [0, 0.1) is 56.7 Å². The molecular weight excluding hydrogens is 458 g/mol. The molecule has 0 radical (unpaired) electrons. The lowest BCUT2D eigenvalue weighted by Crippen LogP contribution is -2.61. The lowest BCUT2D eigenvalue weighted by molar-refractivity contribution is -0.165. The molecule has 0 aromatic heterocycles. The number of methoxy groups -OCH3 is 1. The van der Waals surface area contributed by atoms with Crippen LogP contribution < -0.4 is 0 Å². The van der Waals surface area contributed by atoms with Crippen LogP contribution in [0.25, 0.3) is 0 Å². The highest BCUT2D eigenvalue weighted by molar-refractivity contribution is 5.95. The van der Waals surface area contributed by atoms with Crippen LogP contribution in [0.5, 0.6) is 0 Å². The molecule has 4 rings (SSSR count). The highest BCUT2D eigenvalue weighted by atomic mass is 16.5. The van der Waals surface area contributed by atoms with Gasteiger partial charge in [0.15, 0.2) is 5.78 Å². The van der Waals surface area contributed by atoms with Crippen LogP contribution in [-0.4, -0.2) is 30.7 Å². The predicted molar refractivity (Wildman–Crippen MR) is 149 cm³/mol. The monoisotopic (exact) mass is 509 g/mol. The number of carbonyl (C=O) groups excluding carboxylic acids is 1. The Morgan fingerprint density at radius 3 is 2.49 bits per heavy atom. The topological polar surface area (TPSA) is 70.3 Å². The van der Waals surface area contributed by atoms with E-state index in [0.717, 1.165) is 45.1 Å². The molecule has 0 bridgehead atoms. The Hall–Kier alpha value is -1.44. The second kappa shape index (κ2) is 10.3. The fraction of sp³-hybridized carbons (Fsp3) is 0.818. The zero-order valence-corrected chi connectivity index (χ0v) is 24.5. The van der Waals surface area contributed by atoms with E-state index in [0.29, 0.717) is 29.6 Å². The number of hydrogen-bond acceptors (Lipinski definition) is 4. The summed E-state index contributed by atoms with van der Waals surface area (Å²) >= 11 is 0. The van der Waals surface area contributed by atoms with Crippen molar-refractivity contribution >= 4 is 5.78 Å². The van der Waals surface area contributed by atoms with Crippen LogP contribution in [0.4, 0.5) is 0 Å². The van der Waals surface area contributed by atoms with E-state index in [1.54, 1.807) is 7.11 Å². The SMILES string of the molecule is COCCC[C@]12CCC(C)(C)CC1C1C(=O)C=C3C/C=C(/C#N)C(O)[C@@H](C)[C@@H](C)CC[C@@]3(C)[C@]1(C)CC2. The van der Waals surface area contributed by atoms with E-state index in [2.05, 4.69) is 47.6 Å². The van der Waals surface area contributed by atoms with Gasteiger partial charge in [0.25, 0.3) is 0 Å². The molecule has 0 aromatic carbocycles. The molecule has 4 nitrogen and oxygen atoms in total. The molecule has 37 heavy (non-hydrogen) atoms. The minimum Gasteiger partial charge on any atom is -0.387 e. The third-order valence-corrected chi connectivity index (χ3v) is 12.2. The number of ether oxygens (including phenoxy) is 1. The number of rotatable bonds is 4. The molecule has 4 heteroatoms. The van der Waals surface area contributed by atoms with Gasteiger partial charge in [-0.1, -0.05) is 53.2 Å². The first-order valence-corrected chi connectivity index (χ1v) is 14.9. The number of ketones is 1. The van der Waals surface area contributed by atoms with Crippen LogP contribution in [0.15, 0.2) is 23.3 Å². The number of carbonyl (C=O) groups is 1. The molecule has 1 N–H and O–H groups in total. The van der Waals surface area contributed by atoms with Gasteiger partial charge in [0.05, 0.1) is 17.7 Å². The number of aliphatic hydroxyl groups is 1. The summed E-state index contributed by atoms with van der Waals surface area (Å²) in [5.41, 5.74) is 1.95. The Morgan fingerprint density at radius 2 is 1.81 bits per heavy atom. The number of allylic oxidation sites excluding steroid dienone is 3. The van der Waals surface area contributed by atoms with Crippen LogP contribution in [0.2, 0.25) is 0 Å². The Bertz CT molecular complexity index is 988. The van der Waals surface area contributed by atoms with E-state index in [1.807, 2.05) is 12.2 Å². The normalized spacial score (nSPS) is 45.3. The second-order valence-corrected chi connectivity index (χ2v) is 14.5. The number of hydrogen-bond donors (Lipinski definition) is 1. The van der Waals surface area contributed by atoms with Crippen molar-refractivity contribution in [1.29, 1.82) is 5.26 Å². The quantitative estimate of drug-likeness (QED) is 0.400. The average molecular weight is 510 g/mol. The van der Waals surface area contributed by atoms with Crippen molar-refractivity contribution < 1.29 is 14.6 Å². The van der Waals surface area contributed by atoms with Crippen LogP contribution in [-0.2, 0) is 9.53 Å². The first-order valence-electron chi connectivity index (χ1n) is 14.9. The standard InChI is InChI=1S/C33H51NO3/c1-22-11-13-31(5)25(10-9-24(21-34)29(36)23(22)2)19-27(35)28-26-20-30(3,4)14-16-33(26,12-8-18-37-7)17-15-32(28,31)6/h9,19,22-23,26,28-29,36H,8,10-18,20H2,1-7H3/b24-9-/t22-,23-,26?,28?,29?,31+,32+,33+/m0/s1. The van der Waals surface area contributed by atoms with E-state index >= 15 is 0 Å². The molecule has 0 heterocycles. The number of nitriles is 1. The van der Waals surface area contributed by atoms with E-state index in [-0.39, 0.29) is 33.5 Å². The lowest BCUT2D eigenvalue weighted by atomic mass is 9.38. The Morgan fingerprint density at radius 1 is 1.11 bits per heavy atom. The van der Waals surface area contributed by atoms with Gasteiger partial charge in [-0.3, -0.25) is 4.79 Å². The fourth-order valence-electron chi connectivity index (χ4n) is 9.06. The van der Waals surface area contributed by atoms with Crippen LogP contribution in [0.3, 0.4) is 0 Å². The third kappa shape index (κ3) is 4.78. The summed E-state index contributed by atoms with van der Waals surface area (Å²) in [5, 5.41) is 20.7. The molecular formula is C33H51NO3. The zero-order chi connectivity index (χ0) is 27.2. The summed E-state index contributed by atoms with van der Waals surface area (Å²) in [7, 11) is 1.79. The van der Waals surface area contributed by atoms with Crippen LogP contribution in [0.1, 0.15) is 106 Å². The molecule has 8 atom stereocenters. The maximum Gasteiger partial charge on any atom is 0.159 e. The maximum absolute atomic E-state index is 14.2. The minimum absolute atomic E-state index is 0.0350. The van der Waals surface area contributed by atoms with Crippen molar-refractivity contribution in [3.8, 4) is 6.07 Å². The van der Waals surface area contributed by atoms with E-state index in [9.17, 15) is 15.2 Å². The average Bonchev–Trinajstić information content (AvgIpc) is 2.85. The summed E-state index contributed by atoms with van der Waals surface area (Å²) in [6.45, 7) is 14.8. The predicted octanol–water partition coefficient (Wildman–Crippen LogP) is 7.42. The van der Waals surface area contributed by atoms with Crippen molar-refractivity contribution in [2.24, 2.45) is 45.3 Å². The molecule has 0 amide bonds. The maximum atomic E-state index is 14.2. The molecule has 0 aromatic rings. The van der Waals surface area contributed by atoms with Gasteiger partial charge in [-0.15, -0.1) is 0 Å². The van der Waals surface area contributed by atoms with Gasteiger partial charge in [-0.05, 0) is 110 Å². The smallest absolute Gasteiger partial charge is 0.159 e. The summed E-state index contributed by atoms with van der Waals surface area (Å²) < 4.78 is 5.45. The number of fused-ring (bicyclic) bond motifs is 5. The molecule has 4 aliphatic carbocycles. The lowest BCUT2D eigenvalue weighted by Gasteiger charge is -2.66. The minimum atomic E-state index is -0.737. The first kappa shape index (κ1) is 28.6. The Kier molecular flexibility index (Phi) is 7.93. The van der Waals surface area contributed by atoms with Gasteiger partial charge in [0.1, 0.15) is 0 Å². The van der Waals surface area contributed by atoms with E-state index in [4.69, 9.17) is 4.74 Å². The summed E-state index contributed by atoms with van der Waals surface area (Å²) in [5.74, 6) is 1.12.